The summed E-state index contributed by atoms with van der Waals surface area (Å²) < 4.78 is 5.37. The minimum absolute atomic E-state index is 0.351. The van der Waals surface area contributed by atoms with Gasteiger partial charge in [0.15, 0.2) is 0 Å². The van der Waals surface area contributed by atoms with Gasteiger partial charge in [-0.2, -0.15) is 0 Å². The Morgan fingerprint density at radius 2 is 2.25 bits per heavy atom. The lowest BCUT2D eigenvalue weighted by molar-refractivity contribution is 0.0548. The second-order valence-corrected chi connectivity index (χ2v) is 5.24. The van der Waals surface area contributed by atoms with Crippen molar-refractivity contribution < 1.29 is 9.53 Å². The number of hydrogen-bond acceptors (Lipinski definition) is 5. The molecule has 0 saturated carbocycles. The van der Waals surface area contributed by atoms with Crippen LogP contribution in [-0.2, 0) is 11.3 Å². The first-order chi connectivity index (χ1) is 9.69. The van der Waals surface area contributed by atoms with Gasteiger partial charge in [-0.25, -0.2) is 10.8 Å². The first-order valence-electron chi connectivity index (χ1n) is 6.92. The molecule has 0 spiro atoms. The van der Waals surface area contributed by atoms with Gasteiger partial charge in [-0.1, -0.05) is 6.07 Å². The van der Waals surface area contributed by atoms with Crippen molar-refractivity contribution in [2.24, 2.45) is 11.8 Å². The zero-order valence-corrected chi connectivity index (χ0v) is 11.8. The number of rotatable bonds is 5. The summed E-state index contributed by atoms with van der Waals surface area (Å²) in [7, 11) is 2.08. The standard InChI is InChI=1S/C14H22N4O2/c1-18(9-11-5-7-20-8-6-11)10-12-3-2-4-13(16-12)14(19)17-15/h2-4,11H,5-10,15H2,1H3,(H,17,19). The molecule has 0 atom stereocenters. The normalized spacial score (nSPS) is 16.4. The largest absolute Gasteiger partial charge is 0.381 e. The van der Waals surface area contributed by atoms with E-state index in [2.05, 4.69) is 22.4 Å². The van der Waals surface area contributed by atoms with Crippen molar-refractivity contribution in [1.29, 1.82) is 0 Å². The van der Waals surface area contributed by atoms with E-state index in [1.54, 1.807) is 6.07 Å². The Balaban J connectivity index is 1.89. The highest BCUT2D eigenvalue weighted by molar-refractivity contribution is 5.91. The summed E-state index contributed by atoms with van der Waals surface area (Å²) in [6, 6.07) is 5.41. The molecular formula is C14H22N4O2. The number of hydrogen-bond donors (Lipinski definition) is 2. The van der Waals surface area contributed by atoms with E-state index in [4.69, 9.17) is 10.6 Å². The highest BCUT2D eigenvalue weighted by Gasteiger charge is 2.16. The Kier molecular flexibility index (Phi) is 5.46. The number of nitrogens with two attached hydrogens (primary N) is 1. The van der Waals surface area contributed by atoms with Gasteiger partial charge in [0.25, 0.3) is 5.91 Å². The molecule has 6 nitrogen and oxygen atoms in total. The maximum absolute atomic E-state index is 11.4. The van der Waals surface area contributed by atoms with Crippen LogP contribution in [-0.4, -0.2) is 42.6 Å². The number of ether oxygens (including phenoxy) is 1. The number of pyridine rings is 1. The zero-order chi connectivity index (χ0) is 14.4. The fourth-order valence-corrected chi connectivity index (χ4v) is 2.48. The van der Waals surface area contributed by atoms with E-state index >= 15 is 0 Å². The SMILES string of the molecule is CN(Cc1cccc(C(=O)NN)n1)CC1CCOCC1. The highest BCUT2D eigenvalue weighted by atomic mass is 16.5. The number of nitrogens with zero attached hydrogens (tertiary/aromatic N) is 2. The Hall–Kier alpha value is -1.50. The molecular weight excluding hydrogens is 256 g/mol. The number of aromatic nitrogens is 1. The van der Waals surface area contributed by atoms with Crippen LogP contribution in [0.15, 0.2) is 18.2 Å². The quantitative estimate of drug-likeness (QED) is 0.467. The van der Waals surface area contributed by atoms with Gasteiger partial charge in [-0.15, -0.1) is 0 Å². The van der Waals surface area contributed by atoms with Gasteiger partial charge in [0.05, 0.1) is 5.69 Å². The third-order valence-electron chi connectivity index (χ3n) is 3.51. The van der Waals surface area contributed by atoms with Crippen molar-refractivity contribution in [1.82, 2.24) is 15.3 Å². The predicted octanol–water partition coefficient (Wildman–Crippen LogP) is 0.543. The van der Waals surface area contributed by atoms with Gasteiger partial charge < -0.3 is 9.64 Å². The van der Waals surface area contributed by atoms with Gasteiger partial charge in [-0.3, -0.25) is 10.2 Å². The lowest BCUT2D eigenvalue weighted by atomic mass is 10.00. The third-order valence-corrected chi connectivity index (χ3v) is 3.51. The average molecular weight is 278 g/mol. The molecule has 3 N–H and O–H groups in total. The lowest BCUT2D eigenvalue weighted by Crippen LogP contribution is -2.31. The Morgan fingerprint density at radius 3 is 2.95 bits per heavy atom. The Morgan fingerprint density at radius 1 is 1.50 bits per heavy atom. The van der Waals surface area contributed by atoms with Crippen LogP contribution in [0.5, 0.6) is 0 Å². The summed E-state index contributed by atoms with van der Waals surface area (Å²) in [5.74, 6) is 5.44. The van der Waals surface area contributed by atoms with E-state index in [-0.39, 0.29) is 5.91 Å². The van der Waals surface area contributed by atoms with Crippen LogP contribution in [0.3, 0.4) is 0 Å². The van der Waals surface area contributed by atoms with Crippen LogP contribution in [0.2, 0.25) is 0 Å². The smallest absolute Gasteiger partial charge is 0.283 e. The summed E-state index contributed by atoms with van der Waals surface area (Å²) in [4.78, 5) is 18.0. The highest BCUT2D eigenvalue weighted by Crippen LogP contribution is 2.16. The molecule has 1 aliphatic rings. The number of carbonyl (C=O) groups is 1. The van der Waals surface area contributed by atoms with Gasteiger partial charge in [0.2, 0.25) is 0 Å². The number of nitrogen functional groups attached to an aromatic ring is 1. The molecule has 0 bridgehead atoms. The van der Waals surface area contributed by atoms with Crippen molar-refractivity contribution >= 4 is 5.91 Å². The summed E-state index contributed by atoms with van der Waals surface area (Å²) in [5.41, 5.74) is 3.33. The number of hydrazine groups is 1. The number of amides is 1. The van der Waals surface area contributed by atoms with E-state index in [0.29, 0.717) is 11.6 Å². The van der Waals surface area contributed by atoms with Crippen molar-refractivity contribution in [3.63, 3.8) is 0 Å². The van der Waals surface area contributed by atoms with E-state index in [9.17, 15) is 4.79 Å². The molecule has 20 heavy (non-hydrogen) atoms. The van der Waals surface area contributed by atoms with Crippen molar-refractivity contribution in [3.05, 3.63) is 29.6 Å². The fraction of sp³-hybridized carbons (Fsp3) is 0.571. The third kappa shape index (κ3) is 4.26. The fourth-order valence-electron chi connectivity index (χ4n) is 2.48. The second kappa shape index (κ2) is 7.33. The molecule has 0 aromatic carbocycles. The summed E-state index contributed by atoms with van der Waals surface area (Å²) in [6.07, 6.45) is 2.24. The Labute approximate surface area is 119 Å². The Bertz CT molecular complexity index is 447. The van der Waals surface area contributed by atoms with Gasteiger partial charge in [0.1, 0.15) is 5.69 Å². The first-order valence-corrected chi connectivity index (χ1v) is 6.92. The molecule has 1 saturated heterocycles. The molecule has 110 valence electrons. The average Bonchev–Trinajstić information content (AvgIpc) is 2.47. The lowest BCUT2D eigenvalue weighted by Gasteiger charge is -2.26. The number of nitrogens with one attached hydrogen (secondary N) is 1. The first kappa shape index (κ1) is 14.9. The summed E-state index contributed by atoms with van der Waals surface area (Å²) in [6.45, 7) is 3.48. The van der Waals surface area contributed by atoms with Crippen LogP contribution >= 0.6 is 0 Å². The maximum atomic E-state index is 11.4. The van der Waals surface area contributed by atoms with Crippen molar-refractivity contribution in [3.8, 4) is 0 Å². The van der Waals surface area contributed by atoms with Crippen LogP contribution < -0.4 is 11.3 Å². The molecule has 2 rings (SSSR count). The van der Waals surface area contributed by atoms with Gasteiger partial charge >= 0.3 is 0 Å². The zero-order valence-electron chi connectivity index (χ0n) is 11.8. The van der Waals surface area contributed by atoms with E-state index < -0.39 is 0 Å². The topological polar surface area (TPSA) is 80.5 Å². The van der Waals surface area contributed by atoms with Gasteiger partial charge in [0, 0.05) is 26.3 Å². The molecule has 2 heterocycles. The van der Waals surface area contributed by atoms with Crippen LogP contribution in [0, 0.1) is 5.92 Å². The minimum atomic E-state index is -0.362. The molecule has 0 aliphatic carbocycles. The molecule has 1 amide bonds. The molecule has 1 aliphatic heterocycles. The monoisotopic (exact) mass is 278 g/mol. The maximum Gasteiger partial charge on any atom is 0.283 e. The summed E-state index contributed by atoms with van der Waals surface area (Å²) in [5, 5.41) is 0. The molecule has 0 unspecified atom stereocenters. The van der Waals surface area contributed by atoms with E-state index in [1.165, 1.54) is 0 Å². The molecule has 1 fully saturated rings. The van der Waals surface area contributed by atoms with Crippen molar-refractivity contribution in [2.45, 2.75) is 19.4 Å². The van der Waals surface area contributed by atoms with E-state index in [1.807, 2.05) is 12.1 Å². The molecule has 6 heteroatoms. The van der Waals surface area contributed by atoms with Crippen molar-refractivity contribution in [2.75, 3.05) is 26.8 Å². The minimum Gasteiger partial charge on any atom is -0.381 e. The van der Waals surface area contributed by atoms with Gasteiger partial charge in [-0.05, 0) is 37.9 Å². The molecule has 1 aromatic rings. The number of carbonyl (C=O) groups excluding carboxylic acids is 1. The second-order valence-electron chi connectivity index (χ2n) is 5.24. The predicted molar refractivity (Wildman–Crippen MR) is 75.8 cm³/mol. The van der Waals surface area contributed by atoms with E-state index in [0.717, 1.165) is 44.8 Å². The van der Waals surface area contributed by atoms with Crippen LogP contribution in [0.4, 0.5) is 0 Å². The van der Waals surface area contributed by atoms with Crippen LogP contribution in [0.1, 0.15) is 29.0 Å². The van der Waals surface area contributed by atoms with Crippen LogP contribution in [0.25, 0.3) is 0 Å². The summed E-state index contributed by atoms with van der Waals surface area (Å²) >= 11 is 0. The molecule has 0 radical (unpaired) electrons. The molecule has 1 aromatic heterocycles.